The fraction of sp³-hybridized carbons (Fsp3) is 0.857. The van der Waals surface area contributed by atoms with E-state index in [1.54, 1.807) is 5.57 Å². The summed E-state index contributed by atoms with van der Waals surface area (Å²) in [6.07, 6.45) is 5.92. The van der Waals surface area contributed by atoms with E-state index < -0.39 is 0 Å². The Morgan fingerprint density at radius 3 is 1.93 bits per heavy atom. The third-order valence-corrected chi connectivity index (χ3v) is 4.44. The Kier molecular flexibility index (Phi) is 2.72. The van der Waals surface area contributed by atoms with Crippen molar-refractivity contribution in [3.8, 4) is 0 Å². The van der Waals surface area contributed by atoms with Crippen molar-refractivity contribution in [1.82, 2.24) is 0 Å². The molecule has 0 aromatic heterocycles. The molecule has 2 atom stereocenters. The van der Waals surface area contributed by atoms with Gasteiger partial charge in [-0.25, -0.2) is 0 Å². The summed E-state index contributed by atoms with van der Waals surface area (Å²) in [5.74, 6) is 3.84. The van der Waals surface area contributed by atoms with Crippen LogP contribution in [0.5, 0.6) is 0 Å². The summed E-state index contributed by atoms with van der Waals surface area (Å²) in [5.41, 5.74) is 3.47. The Bertz CT molecular complexity index is 227. The van der Waals surface area contributed by atoms with Gasteiger partial charge in [-0.05, 0) is 63.2 Å². The van der Waals surface area contributed by atoms with Crippen LogP contribution >= 0.6 is 0 Å². The highest BCUT2D eigenvalue weighted by molar-refractivity contribution is 5.23. The van der Waals surface area contributed by atoms with Crippen molar-refractivity contribution in [2.45, 2.75) is 53.4 Å². The average Bonchev–Trinajstić information content (AvgIpc) is 2.37. The maximum absolute atomic E-state index is 2.40. The summed E-state index contributed by atoms with van der Waals surface area (Å²) in [5, 5.41) is 0. The summed E-state index contributed by atoms with van der Waals surface area (Å²) < 4.78 is 0. The van der Waals surface area contributed by atoms with Gasteiger partial charge in [-0.3, -0.25) is 0 Å². The standard InChI is InChI=1S/C14H24/c1-9(2)13-7-11-5-6-12(8-13)14(11)10(3)4/h9,11-13H,5-8H2,1-4H3. The maximum atomic E-state index is 2.40. The molecule has 0 nitrogen and oxygen atoms in total. The van der Waals surface area contributed by atoms with Gasteiger partial charge in [-0.15, -0.1) is 0 Å². The van der Waals surface area contributed by atoms with Gasteiger partial charge >= 0.3 is 0 Å². The van der Waals surface area contributed by atoms with Gasteiger partial charge < -0.3 is 0 Å². The number of allylic oxidation sites excluding steroid dienone is 2. The predicted molar refractivity (Wildman–Crippen MR) is 62.2 cm³/mol. The van der Waals surface area contributed by atoms with Gasteiger partial charge in [0.15, 0.2) is 0 Å². The third-order valence-electron chi connectivity index (χ3n) is 4.44. The highest BCUT2D eigenvalue weighted by atomic mass is 14.4. The van der Waals surface area contributed by atoms with Crippen molar-refractivity contribution in [2.24, 2.45) is 23.7 Å². The van der Waals surface area contributed by atoms with E-state index in [1.165, 1.54) is 25.7 Å². The second-order valence-corrected chi connectivity index (χ2v) is 5.90. The summed E-state index contributed by atoms with van der Waals surface area (Å²) in [4.78, 5) is 0. The van der Waals surface area contributed by atoms with E-state index in [-0.39, 0.29) is 0 Å². The molecule has 2 aliphatic rings. The van der Waals surface area contributed by atoms with Gasteiger partial charge in [-0.2, -0.15) is 0 Å². The van der Waals surface area contributed by atoms with Gasteiger partial charge in [0.25, 0.3) is 0 Å². The van der Waals surface area contributed by atoms with E-state index in [1.807, 2.05) is 5.57 Å². The van der Waals surface area contributed by atoms with Crippen LogP contribution in [0.3, 0.4) is 0 Å². The molecule has 2 aliphatic carbocycles. The molecule has 0 aromatic rings. The van der Waals surface area contributed by atoms with E-state index in [9.17, 15) is 0 Å². The quantitative estimate of drug-likeness (QED) is 0.540. The lowest BCUT2D eigenvalue weighted by molar-refractivity contribution is 0.256. The van der Waals surface area contributed by atoms with Crippen LogP contribution in [0, 0.1) is 23.7 Å². The Morgan fingerprint density at radius 2 is 1.57 bits per heavy atom. The summed E-state index contributed by atoms with van der Waals surface area (Å²) in [7, 11) is 0. The minimum atomic E-state index is 0.900. The van der Waals surface area contributed by atoms with Crippen LogP contribution in [0.2, 0.25) is 0 Å². The lowest BCUT2D eigenvalue weighted by atomic mass is 9.72. The molecular formula is C14H24. The first-order valence-corrected chi connectivity index (χ1v) is 6.26. The fourth-order valence-corrected chi connectivity index (χ4v) is 3.72. The molecule has 0 amide bonds. The van der Waals surface area contributed by atoms with Gasteiger partial charge in [-0.1, -0.05) is 25.0 Å². The summed E-state index contributed by atoms with van der Waals surface area (Å²) in [6, 6.07) is 0. The fourth-order valence-electron chi connectivity index (χ4n) is 3.72. The molecule has 0 heterocycles. The first kappa shape index (κ1) is 10.3. The van der Waals surface area contributed by atoms with Crippen molar-refractivity contribution in [1.29, 1.82) is 0 Å². The monoisotopic (exact) mass is 192 g/mol. The largest absolute Gasteiger partial charge is 0.0767 e. The normalized spacial score (nSPS) is 36.6. The smallest absolute Gasteiger partial charge is 0.0195 e. The van der Waals surface area contributed by atoms with E-state index in [4.69, 9.17) is 0 Å². The van der Waals surface area contributed by atoms with Crippen LogP contribution in [-0.2, 0) is 0 Å². The minimum Gasteiger partial charge on any atom is -0.0767 e. The van der Waals surface area contributed by atoms with E-state index >= 15 is 0 Å². The highest BCUT2D eigenvalue weighted by Crippen LogP contribution is 2.51. The number of rotatable bonds is 1. The van der Waals surface area contributed by atoms with Gasteiger partial charge in [0.2, 0.25) is 0 Å². The van der Waals surface area contributed by atoms with E-state index in [0.29, 0.717) is 0 Å². The molecular weight excluding hydrogens is 168 g/mol. The molecule has 2 unspecified atom stereocenters. The van der Waals surface area contributed by atoms with Crippen LogP contribution in [0.1, 0.15) is 53.4 Å². The molecule has 0 radical (unpaired) electrons. The Hall–Kier alpha value is -0.260. The molecule has 80 valence electrons. The molecule has 0 aliphatic heterocycles. The first-order chi connectivity index (χ1) is 6.59. The molecule has 0 saturated heterocycles. The predicted octanol–water partition coefficient (Wildman–Crippen LogP) is 4.42. The SMILES string of the molecule is CC(C)=C1C2CCC1CC(C(C)C)C2. The molecule has 14 heavy (non-hydrogen) atoms. The van der Waals surface area contributed by atoms with Crippen molar-refractivity contribution in [3.05, 3.63) is 11.1 Å². The molecule has 0 spiro atoms. The molecule has 2 fully saturated rings. The zero-order valence-corrected chi connectivity index (χ0v) is 10.1. The molecule has 2 rings (SSSR count). The van der Waals surface area contributed by atoms with Crippen LogP contribution in [0.15, 0.2) is 11.1 Å². The van der Waals surface area contributed by atoms with E-state index in [0.717, 1.165) is 23.7 Å². The Balaban J connectivity index is 2.17. The third kappa shape index (κ3) is 1.64. The first-order valence-electron chi connectivity index (χ1n) is 6.26. The zero-order valence-electron chi connectivity index (χ0n) is 10.1. The number of fused-ring (bicyclic) bond motifs is 2. The van der Waals surface area contributed by atoms with Crippen LogP contribution in [0.4, 0.5) is 0 Å². The molecule has 2 saturated carbocycles. The molecule has 2 bridgehead atoms. The molecule has 0 N–H and O–H groups in total. The van der Waals surface area contributed by atoms with Crippen molar-refractivity contribution in [2.75, 3.05) is 0 Å². The van der Waals surface area contributed by atoms with Gasteiger partial charge in [0.1, 0.15) is 0 Å². The lowest BCUT2D eigenvalue weighted by Gasteiger charge is -2.33. The van der Waals surface area contributed by atoms with Crippen LogP contribution < -0.4 is 0 Å². The Morgan fingerprint density at radius 1 is 1.07 bits per heavy atom. The topological polar surface area (TPSA) is 0 Å². The van der Waals surface area contributed by atoms with Crippen molar-refractivity contribution < 1.29 is 0 Å². The second kappa shape index (κ2) is 3.72. The molecule has 0 aromatic carbocycles. The lowest BCUT2D eigenvalue weighted by Crippen LogP contribution is -2.23. The zero-order chi connectivity index (χ0) is 10.3. The molecule has 0 heteroatoms. The number of hydrogen-bond acceptors (Lipinski definition) is 0. The minimum absolute atomic E-state index is 0.900. The van der Waals surface area contributed by atoms with Crippen LogP contribution in [0.25, 0.3) is 0 Å². The van der Waals surface area contributed by atoms with Gasteiger partial charge in [0, 0.05) is 0 Å². The van der Waals surface area contributed by atoms with Crippen molar-refractivity contribution >= 4 is 0 Å². The van der Waals surface area contributed by atoms with Crippen molar-refractivity contribution in [3.63, 3.8) is 0 Å². The highest BCUT2D eigenvalue weighted by Gasteiger charge is 2.39. The number of hydrogen-bond donors (Lipinski definition) is 0. The Labute approximate surface area is 88.8 Å². The van der Waals surface area contributed by atoms with Crippen LogP contribution in [-0.4, -0.2) is 0 Å². The second-order valence-electron chi connectivity index (χ2n) is 5.90. The summed E-state index contributed by atoms with van der Waals surface area (Å²) in [6.45, 7) is 9.43. The summed E-state index contributed by atoms with van der Waals surface area (Å²) >= 11 is 0. The average molecular weight is 192 g/mol. The van der Waals surface area contributed by atoms with Gasteiger partial charge in [0.05, 0.1) is 0 Å². The van der Waals surface area contributed by atoms with E-state index in [2.05, 4.69) is 27.7 Å². The maximum Gasteiger partial charge on any atom is -0.0195 e.